The van der Waals surface area contributed by atoms with E-state index in [1.807, 2.05) is 0 Å². The summed E-state index contributed by atoms with van der Waals surface area (Å²) in [5.41, 5.74) is 23.3. The second kappa shape index (κ2) is 24.2. The van der Waals surface area contributed by atoms with Crippen LogP contribution < -0.4 is 9.80 Å². The fourth-order valence-electron chi connectivity index (χ4n) is 16.0. The molecule has 0 aliphatic carbocycles. The molecular formula is C98H62N2O2. The highest BCUT2D eigenvalue weighted by Gasteiger charge is 2.25. The molecule has 0 aliphatic heterocycles. The molecule has 4 nitrogen and oxygen atoms in total. The summed E-state index contributed by atoms with van der Waals surface area (Å²) >= 11 is 0. The van der Waals surface area contributed by atoms with Crippen LogP contribution >= 0.6 is 0 Å². The molecule has 0 saturated heterocycles. The van der Waals surface area contributed by atoms with Crippen molar-refractivity contribution in [3.63, 3.8) is 0 Å². The van der Waals surface area contributed by atoms with Gasteiger partial charge in [0.15, 0.2) is 0 Å². The van der Waals surface area contributed by atoms with Crippen LogP contribution in [0.25, 0.3) is 165 Å². The summed E-state index contributed by atoms with van der Waals surface area (Å²) in [5.74, 6) is 0. The highest BCUT2D eigenvalue weighted by molar-refractivity contribution is 6.18. The Bertz CT molecular complexity index is 6690. The van der Waals surface area contributed by atoms with Gasteiger partial charge >= 0.3 is 0 Å². The zero-order valence-electron chi connectivity index (χ0n) is 55.5. The highest BCUT2D eigenvalue weighted by atomic mass is 16.3. The minimum absolute atomic E-state index is 0.850. The Morgan fingerprint density at radius 1 is 0.167 bits per heavy atom. The molecule has 0 aliphatic rings. The molecule has 0 spiro atoms. The van der Waals surface area contributed by atoms with Crippen LogP contribution in [0.15, 0.2) is 385 Å². The van der Waals surface area contributed by atoms with Gasteiger partial charge in [-0.3, -0.25) is 0 Å². The summed E-state index contributed by atoms with van der Waals surface area (Å²) in [7, 11) is 0. The van der Waals surface area contributed by atoms with Crippen LogP contribution in [0.4, 0.5) is 34.1 Å². The van der Waals surface area contributed by atoms with E-state index in [-0.39, 0.29) is 0 Å². The predicted molar refractivity (Wildman–Crippen MR) is 431 cm³/mol. The molecule has 0 amide bonds. The molecule has 20 rings (SSSR count). The second-order valence-corrected chi connectivity index (χ2v) is 26.6. The molecule has 0 N–H and O–H groups in total. The molecule has 0 radical (unpaired) electrons. The van der Waals surface area contributed by atoms with Gasteiger partial charge in [-0.05, 0) is 189 Å². The molecule has 0 bridgehead atoms. The van der Waals surface area contributed by atoms with Gasteiger partial charge in [-0.15, -0.1) is 0 Å². The third kappa shape index (κ3) is 9.91. The number of nitrogens with zero attached hydrogens (tertiary/aromatic N) is 2. The van der Waals surface area contributed by atoms with Crippen molar-refractivity contribution in [2.45, 2.75) is 0 Å². The Balaban J connectivity index is 0.661. The maximum atomic E-state index is 7.15. The summed E-state index contributed by atoms with van der Waals surface area (Å²) < 4.78 is 14.1. The molecule has 18 aromatic carbocycles. The average molecular weight is 1300 g/mol. The van der Waals surface area contributed by atoms with E-state index < -0.39 is 0 Å². The van der Waals surface area contributed by atoms with Crippen molar-refractivity contribution in [2.24, 2.45) is 0 Å². The molecule has 2 aromatic heterocycles. The Morgan fingerprint density at radius 3 is 1.24 bits per heavy atom. The van der Waals surface area contributed by atoms with Gasteiger partial charge in [-0.25, -0.2) is 0 Å². The number of rotatable bonds is 12. The van der Waals surface area contributed by atoms with Crippen LogP contribution in [0.2, 0.25) is 0 Å². The molecule has 4 heteroatoms. The standard InChI is InChI=1S/C98H62N2O2/c1-3-21-63(22-4-1)67-26-15-31-76(58-67)100(73-29-5-2-6-30-73)94-44-14-12-34-85(94)87-40-20-42-89-92-60-71-28-17-36-80(90(71)62-96(92)102-98(87)89)72-50-55-81-70(57-72)27-16-35-77(81)65-45-51-74(52-46-65)99(75-53-47-66(48-54-75)79-37-18-38-82-78-32-10-9-23-64(78)49-56-83(79)82)93-43-13-11-33-84(93)86-39-19-41-88-91-59-68-24-7-8-25-69(68)61-95(91)101-97(86)88/h1-62H. The highest BCUT2D eigenvalue weighted by Crippen LogP contribution is 2.49. The summed E-state index contributed by atoms with van der Waals surface area (Å²) in [4.78, 5) is 4.77. The number of hydrogen-bond acceptors (Lipinski definition) is 4. The van der Waals surface area contributed by atoms with Crippen molar-refractivity contribution >= 4 is 132 Å². The minimum atomic E-state index is 0.850. The molecule has 0 saturated carbocycles. The van der Waals surface area contributed by atoms with E-state index in [0.717, 1.165) is 144 Å². The summed E-state index contributed by atoms with van der Waals surface area (Å²) in [5, 5.41) is 16.3. The Kier molecular flexibility index (Phi) is 13.9. The van der Waals surface area contributed by atoms with Gasteiger partial charge in [0.25, 0.3) is 0 Å². The summed E-state index contributed by atoms with van der Waals surface area (Å²) in [6.07, 6.45) is 0. The van der Waals surface area contributed by atoms with Crippen molar-refractivity contribution in [1.82, 2.24) is 0 Å². The summed E-state index contributed by atoms with van der Waals surface area (Å²) in [6.45, 7) is 0. The lowest BCUT2D eigenvalue weighted by Crippen LogP contribution is -2.11. The molecule has 0 fully saturated rings. The molecule has 2 heterocycles. The van der Waals surface area contributed by atoms with Crippen molar-refractivity contribution in [3.05, 3.63) is 376 Å². The van der Waals surface area contributed by atoms with Gasteiger partial charge in [-0.1, -0.05) is 285 Å². The Morgan fingerprint density at radius 2 is 0.578 bits per heavy atom. The van der Waals surface area contributed by atoms with E-state index in [9.17, 15) is 0 Å². The minimum Gasteiger partial charge on any atom is -0.455 e. The zero-order valence-corrected chi connectivity index (χ0v) is 55.5. The van der Waals surface area contributed by atoms with Gasteiger partial charge < -0.3 is 18.6 Å². The molecule has 102 heavy (non-hydrogen) atoms. The molecule has 0 unspecified atom stereocenters. The number of furan rings is 2. The van der Waals surface area contributed by atoms with Gasteiger partial charge in [0, 0.05) is 66.5 Å². The molecular weight excluding hydrogens is 1240 g/mol. The molecule has 476 valence electrons. The van der Waals surface area contributed by atoms with Gasteiger partial charge in [0.05, 0.1) is 11.4 Å². The lowest BCUT2D eigenvalue weighted by atomic mass is 9.92. The van der Waals surface area contributed by atoms with Crippen LogP contribution in [-0.2, 0) is 0 Å². The largest absolute Gasteiger partial charge is 0.455 e. The zero-order chi connectivity index (χ0) is 67.2. The number of fused-ring (bicyclic) bond motifs is 12. The second-order valence-electron chi connectivity index (χ2n) is 26.6. The van der Waals surface area contributed by atoms with Crippen LogP contribution in [-0.4, -0.2) is 0 Å². The normalized spacial score (nSPS) is 11.7. The molecule has 0 atom stereocenters. The number of para-hydroxylation sites is 5. The smallest absolute Gasteiger partial charge is 0.143 e. The number of benzene rings is 18. The lowest BCUT2D eigenvalue weighted by Gasteiger charge is -2.28. The number of hydrogen-bond donors (Lipinski definition) is 0. The first-order valence-electron chi connectivity index (χ1n) is 34.9. The average Bonchev–Trinajstić information content (AvgIpc) is 1.51. The lowest BCUT2D eigenvalue weighted by molar-refractivity contribution is 0.670. The quantitative estimate of drug-likeness (QED) is 0.114. The van der Waals surface area contributed by atoms with Crippen molar-refractivity contribution < 1.29 is 8.83 Å². The van der Waals surface area contributed by atoms with E-state index in [1.165, 1.54) is 54.4 Å². The first-order chi connectivity index (χ1) is 50.6. The van der Waals surface area contributed by atoms with Crippen molar-refractivity contribution in [1.29, 1.82) is 0 Å². The molecule has 20 aromatic rings. The SMILES string of the molecule is c1ccc(-c2cccc(N(c3ccccc3)c3ccccc3-c3cccc4c3oc3cc5c(-c6ccc7c(-c8ccc(N(c9ccc(-c%10cccc%11c%10ccc%10ccccc%10%11)cc9)c9ccccc9-c9cccc%10c9oc9cc%11ccccc%11cc9%10)cc8)cccc7c6)cccc5cc34)c2)cc1. The van der Waals surface area contributed by atoms with Crippen LogP contribution in [0.1, 0.15) is 0 Å². The fourth-order valence-corrected chi connectivity index (χ4v) is 16.0. The van der Waals surface area contributed by atoms with E-state index in [1.54, 1.807) is 0 Å². The summed E-state index contributed by atoms with van der Waals surface area (Å²) in [6, 6.07) is 137. The maximum Gasteiger partial charge on any atom is 0.143 e. The predicted octanol–water partition coefficient (Wildman–Crippen LogP) is 28.2. The monoisotopic (exact) mass is 1300 g/mol. The van der Waals surface area contributed by atoms with Crippen molar-refractivity contribution in [2.75, 3.05) is 9.80 Å². The van der Waals surface area contributed by atoms with Crippen LogP contribution in [0.3, 0.4) is 0 Å². The van der Waals surface area contributed by atoms with E-state index in [2.05, 4.69) is 386 Å². The first kappa shape index (κ1) is 58.6. The van der Waals surface area contributed by atoms with Crippen LogP contribution in [0.5, 0.6) is 0 Å². The van der Waals surface area contributed by atoms with E-state index >= 15 is 0 Å². The van der Waals surface area contributed by atoms with Crippen LogP contribution in [0, 0.1) is 0 Å². The fraction of sp³-hybridized carbons (Fsp3) is 0. The van der Waals surface area contributed by atoms with Crippen molar-refractivity contribution in [3.8, 4) is 66.8 Å². The maximum absolute atomic E-state index is 7.15. The third-order valence-electron chi connectivity index (χ3n) is 20.8. The third-order valence-corrected chi connectivity index (χ3v) is 20.8. The topological polar surface area (TPSA) is 32.8 Å². The van der Waals surface area contributed by atoms with Gasteiger partial charge in [0.2, 0.25) is 0 Å². The first-order valence-corrected chi connectivity index (χ1v) is 34.9. The van der Waals surface area contributed by atoms with Gasteiger partial charge in [-0.2, -0.15) is 0 Å². The Hall–Kier alpha value is -13.5. The van der Waals surface area contributed by atoms with Gasteiger partial charge in [0.1, 0.15) is 22.3 Å². The van der Waals surface area contributed by atoms with E-state index in [4.69, 9.17) is 8.83 Å². The Labute approximate surface area is 589 Å². The van der Waals surface area contributed by atoms with E-state index in [0.29, 0.717) is 0 Å². The number of anilines is 6.